The summed E-state index contributed by atoms with van der Waals surface area (Å²) in [7, 11) is 0. The van der Waals surface area contributed by atoms with Gasteiger partial charge in [-0.15, -0.1) is 0 Å². The molecular weight excluding hydrogens is 311 g/mol. The molecule has 0 fully saturated rings. The van der Waals surface area contributed by atoms with Gasteiger partial charge in [0.1, 0.15) is 11.6 Å². The van der Waals surface area contributed by atoms with Crippen molar-refractivity contribution >= 4 is 23.0 Å². The Hall–Kier alpha value is -1.88. The third-order valence-electron chi connectivity index (χ3n) is 3.71. The van der Waals surface area contributed by atoms with Crippen LogP contribution >= 0.6 is 12.2 Å². The molecule has 1 heterocycles. The second kappa shape index (κ2) is 8.11. The third kappa shape index (κ3) is 5.06. The fraction of sp³-hybridized carbons (Fsp3) is 0.389. The monoisotopic (exact) mass is 334 g/mol. The van der Waals surface area contributed by atoms with Gasteiger partial charge in [0.2, 0.25) is 0 Å². The molecule has 23 heavy (non-hydrogen) atoms. The Labute approximate surface area is 142 Å². The standard InChI is InChI=1S/C18H23FN2OS/c1-13(2)9-10-21(14(3)17-8-5-11-22-17)18(23)20-16-7-4-6-15(19)12-16/h4-8,11-14H,9-10H2,1-3H3,(H,20,23)/t14-/m0/s1. The van der Waals surface area contributed by atoms with E-state index in [-0.39, 0.29) is 11.9 Å². The molecule has 3 nitrogen and oxygen atoms in total. The number of thiocarbonyl (C=S) groups is 1. The molecule has 0 spiro atoms. The topological polar surface area (TPSA) is 28.4 Å². The van der Waals surface area contributed by atoms with E-state index in [0.29, 0.717) is 16.7 Å². The van der Waals surface area contributed by atoms with Gasteiger partial charge in [0, 0.05) is 12.2 Å². The Morgan fingerprint density at radius 2 is 2.04 bits per heavy atom. The average molecular weight is 334 g/mol. The Bertz CT molecular complexity index is 628. The van der Waals surface area contributed by atoms with Crippen molar-refractivity contribution in [2.75, 3.05) is 11.9 Å². The molecule has 2 aromatic rings. The van der Waals surface area contributed by atoms with Crippen molar-refractivity contribution in [2.45, 2.75) is 33.2 Å². The molecule has 0 bridgehead atoms. The Morgan fingerprint density at radius 1 is 1.26 bits per heavy atom. The third-order valence-corrected chi connectivity index (χ3v) is 4.04. The maximum absolute atomic E-state index is 13.3. The maximum Gasteiger partial charge on any atom is 0.174 e. The van der Waals surface area contributed by atoms with Crippen LogP contribution in [-0.4, -0.2) is 16.6 Å². The first kappa shape index (κ1) is 17.5. The largest absolute Gasteiger partial charge is 0.467 e. The minimum absolute atomic E-state index is 0.0114. The average Bonchev–Trinajstić information content (AvgIpc) is 3.01. The van der Waals surface area contributed by atoms with Gasteiger partial charge < -0.3 is 14.6 Å². The minimum atomic E-state index is -0.286. The summed E-state index contributed by atoms with van der Waals surface area (Å²) in [5, 5.41) is 3.69. The van der Waals surface area contributed by atoms with Gasteiger partial charge >= 0.3 is 0 Å². The number of nitrogens with one attached hydrogen (secondary N) is 1. The number of furan rings is 1. The smallest absolute Gasteiger partial charge is 0.174 e. The molecule has 0 unspecified atom stereocenters. The lowest BCUT2D eigenvalue weighted by Crippen LogP contribution is -2.38. The van der Waals surface area contributed by atoms with Gasteiger partial charge in [-0.25, -0.2) is 4.39 Å². The van der Waals surface area contributed by atoms with Crippen LogP contribution in [0.1, 0.15) is 39.0 Å². The summed E-state index contributed by atoms with van der Waals surface area (Å²) >= 11 is 5.55. The van der Waals surface area contributed by atoms with Crippen LogP contribution in [0.25, 0.3) is 0 Å². The number of hydrogen-bond acceptors (Lipinski definition) is 2. The van der Waals surface area contributed by atoms with Crippen molar-refractivity contribution in [3.8, 4) is 0 Å². The second-order valence-corrected chi connectivity index (χ2v) is 6.39. The first-order valence-electron chi connectivity index (χ1n) is 7.84. The highest BCUT2D eigenvalue weighted by atomic mass is 32.1. The molecule has 5 heteroatoms. The molecule has 1 N–H and O–H groups in total. The molecule has 1 atom stereocenters. The first-order chi connectivity index (χ1) is 11.0. The quantitative estimate of drug-likeness (QED) is 0.733. The number of benzene rings is 1. The van der Waals surface area contributed by atoms with E-state index in [1.165, 1.54) is 12.1 Å². The van der Waals surface area contributed by atoms with E-state index >= 15 is 0 Å². The van der Waals surface area contributed by atoms with Gasteiger partial charge in [-0.05, 0) is 61.8 Å². The lowest BCUT2D eigenvalue weighted by molar-refractivity contribution is 0.281. The Balaban J connectivity index is 2.13. The molecule has 0 saturated heterocycles. The fourth-order valence-corrected chi connectivity index (χ4v) is 2.68. The van der Waals surface area contributed by atoms with Gasteiger partial charge in [-0.1, -0.05) is 19.9 Å². The lowest BCUT2D eigenvalue weighted by atomic mass is 10.1. The molecule has 0 saturated carbocycles. The van der Waals surface area contributed by atoms with Crippen molar-refractivity contribution in [3.63, 3.8) is 0 Å². The number of rotatable bonds is 6. The van der Waals surface area contributed by atoms with E-state index in [1.807, 2.05) is 12.1 Å². The summed E-state index contributed by atoms with van der Waals surface area (Å²) in [6, 6.07) is 10.1. The highest BCUT2D eigenvalue weighted by Crippen LogP contribution is 2.23. The molecule has 124 valence electrons. The summed E-state index contributed by atoms with van der Waals surface area (Å²) in [4.78, 5) is 2.08. The molecular formula is C18H23FN2OS. The van der Waals surface area contributed by atoms with Gasteiger partial charge in [-0.3, -0.25) is 0 Å². The zero-order valence-corrected chi connectivity index (χ0v) is 14.6. The van der Waals surface area contributed by atoms with Gasteiger partial charge in [0.15, 0.2) is 5.11 Å². The van der Waals surface area contributed by atoms with Crippen molar-refractivity contribution in [1.82, 2.24) is 4.90 Å². The van der Waals surface area contributed by atoms with Gasteiger partial charge in [0.25, 0.3) is 0 Å². The van der Waals surface area contributed by atoms with Crippen molar-refractivity contribution in [3.05, 3.63) is 54.2 Å². The molecule has 0 aliphatic carbocycles. The summed E-state index contributed by atoms with van der Waals surface area (Å²) < 4.78 is 18.9. The molecule has 0 aliphatic heterocycles. The molecule has 1 aromatic heterocycles. The van der Waals surface area contributed by atoms with Crippen LogP contribution in [0.15, 0.2) is 47.1 Å². The second-order valence-electron chi connectivity index (χ2n) is 6.01. The number of halogens is 1. The Morgan fingerprint density at radius 3 is 2.65 bits per heavy atom. The summed E-state index contributed by atoms with van der Waals surface area (Å²) in [6.07, 6.45) is 2.67. The highest BCUT2D eigenvalue weighted by Gasteiger charge is 2.21. The van der Waals surface area contributed by atoms with Crippen molar-refractivity contribution in [2.24, 2.45) is 5.92 Å². The van der Waals surface area contributed by atoms with Crippen LogP contribution < -0.4 is 5.32 Å². The predicted octanol–water partition coefficient (Wildman–Crippen LogP) is 5.22. The lowest BCUT2D eigenvalue weighted by Gasteiger charge is -2.31. The van der Waals surface area contributed by atoms with Gasteiger partial charge in [0.05, 0.1) is 12.3 Å². The maximum atomic E-state index is 13.3. The molecule has 1 aromatic carbocycles. The summed E-state index contributed by atoms with van der Waals surface area (Å²) in [6.45, 7) is 7.22. The number of anilines is 1. The van der Waals surface area contributed by atoms with E-state index in [0.717, 1.165) is 18.7 Å². The zero-order valence-electron chi connectivity index (χ0n) is 13.8. The van der Waals surface area contributed by atoms with E-state index < -0.39 is 0 Å². The predicted molar refractivity (Wildman–Crippen MR) is 95.9 cm³/mol. The van der Waals surface area contributed by atoms with Crippen LogP contribution in [0.5, 0.6) is 0 Å². The van der Waals surface area contributed by atoms with Crippen LogP contribution in [0.2, 0.25) is 0 Å². The number of hydrogen-bond donors (Lipinski definition) is 1. The van der Waals surface area contributed by atoms with E-state index in [9.17, 15) is 4.39 Å². The molecule has 0 aliphatic rings. The van der Waals surface area contributed by atoms with E-state index in [4.69, 9.17) is 16.6 Å². The van der Waals surface area contributed by atoms with E-state index in [1.54, 1.807) is 18.4 Å². The van der Waals surface area contributed by atoms with Crippen LogP contribution in [0.4, 0.5) is 10.1 Å². The van der Waals surface area contributed by atoms with Crippen molar-refractivity contribution < 1.29 is 8.81 Å². The van der Waals surface area contributed by atoms with Crippen LogP contribution in [0.3, 0.4) is 0 Å². The summed E-state index contributed by atoms with van der Waals surface area (Å²) in [5.74, 6) is 1.14. The normalized spacial score (nSPS) is 12.2. The Kier molecular flexibility index (Phi) is 6.16. The SMILES string of the molecule is CC(C)CCN(C(=S)Nc1cccc(F)c1)[C@@H](C)c1ccco1. The van der Waals surface area contributed by atoms with E-state index in [2.05, 4.69) is 31.0 Å². The fourth-order valence-electron chi connectivity index (χ4n) is 2.31. The number of nitrogens with zero attached hydrogens (tertiary/aromatic N) is 1. The van der Waals surface area contributed by atoms with Crippen LogP contribution in [0, 0.1) is 11.7 Å². The molecule has 0 radical (unpaired) electrons. The van der Waals surface area contributed by atoms with Crippen LogP contribution in [-0.2, 0) is 0 Å². The molecule has 0 amide bonds. The van der Waals surface area contributed by atoms with Gasteiger partial charge in [-0.2, -0.15) is 0 Å². The first-order valence-corrected chi connectivity index (χ1v) is 8.24. The highest BCUT2D eigenvalue weighted by molar-refractivity contribution is 7.80. The minimum Gasteiger partial charge on any atom is -0.467 e. The molecule has 2 rings (SSSR count). The van der Waals surface area contributed by atoms with Crippen molar-refractivity contribution in [1.29, 1.82) is 0 Å². The summed E-state index contributed by atoms with van der Waals surface area (Å²) in [5.41, 5.74) is 0.649. The zero-order chi connectivity index (χ0) is 16.8.